The maximum Gasteiger partial charge on any atom is 0.246 e. The lowest BCUT2D eigenvalue weighted by Gasteiger charge is -2.33. The Balaban J connectivity index is 1.59. The summed E-state index contributed by atoms with van der Waals surface area (Å²) in [5, 5.41) is 0. The Hall–Kier alpha value is -1.81. The molecule has 4 heteroatoms. The number of likely N-dealkylation sites (N-methyl/N-ethyl adjacent to an activating group) is 1. The van der Waals surface area contributed by atoms with Gasteiger partial charge in [-0.25, -0.2) is 0 Å². The van der Waals surface area contributed by atoms with Crippen LogP contribution in [0.1, 0.15) is 18.1 Å². The summed E-state index contributed by atoms with van der Waals surface area (Å²) in [5.74, 6) is 1.09. The molecule has 2 heterocycles. The molecule has 2 aliphatic heterocycles. The second-order valence-corrected chi connectivity index (χ2v) is 5.56. The maximum atomic E-state index is 12.2. The number of ether oxygens (including phenoxy) is 1. The normalized spacial score (nSPS) is 18.8. The van der Waals surface area contributed by atoms with E-state index >= 15 is 0 Å². The summed E-state index contributed by atoms with van der Waals surface area (Å²) in [5.41, 5.74) is 2.31. The van der Waals surface area contributed by atoms with Gasteiger partial charge in [0.15, 0.2) is 0 Å². The zero-order chi connectivity index (χ0) is 14.7. The fraction of sp³-hybridized carbons (Fsp3) is 0.471. The molecule has 0 spiro atoms. The van der Waals surface area contributed by atoms with Gasteiger partial charge < -0.3 is 14.5 Å². The van der Waals surface area contributed by atoms with Crippen LogP contribution in [0.4, 0.5) is 0 Å². The molecule has 2 aliphatic rings. The van der Waals surface area contributed by atoms with Crippen LogP contribution in [-0.2, 0) is 11.2 Å². The topological polar surface area (TPSA) is 32.8 Å². The standard InChI is InChI=1S/C17H22N2O2/c1-2-18-8-10-19(11-9-18)17(20)6-4-14-3-5-16-15(13-14)7-12-21-16/h3-6,13H,2,7-12H2,1H3/b6-4+. The zero-order valence-corrected chi connectivity index (χ0v) is 12.5. The molecule has 0 aliphatic carbocycles. The number of piperazine rings is 1. The van der Waals surface area contributed by atoms with Gasteiger partial charge in [-0.3, -0.25) is 4.79 Å². The summed E-state index contributed by atoms with van der Waals surface area (Å²) < 4.78 is 5.49. The van der Waals surface area contributed by atoms with Gasteiger partial charge in [-0.2, -0.15) is 0 Å². The summed E-state index contributed by atoms with van der Waals surface area (Å²) in [6, 6.07) is 6.11. The van der Waals surface area contributed by atoms with E-state index in [4.69, 9.17) is 4.74 Å². The van der Waals surface area contributed by atoms with Crippen molar-refractivity contribution in [1.82, 2.24) is 9.80 Å². The van der Waals surface area contributed by atoms with Crippen LogP contribution in [0.3, 0.4) is 0 Å². The zero-order valence-electron chi connectivity index (χ0n) is 12.5. The number of hydrogen-bond acceptors (Lipinski definition) is 3. The van der Waals surface area contributed by atoms with E-state index in [0.29, 0.717) is 0 Å². The highest BCUT2D eigenvalue weighted by Gasteiger charge is 2.18. The Labute approximate surface area is 126 Å². The monoisotopic (exact) mass is 286 g/mol. The minimum Gasteiger partial charge on any atom is -0.493 e. The predicted molar refractivity (Wildman–Crippen MR) is 83.4 cm³/mol. The van der Waals surface area contributed by atoms with Crippen molar-refractivity contribution in [2.24, 2.45) is 0 Å². The molecule has 0 saturated carbocycles. The number of carbonyl (C=O) groups is 1. The SMILES string of the molecule is CCN1CCN(C(=O)/C=C/c2ccc3c(c2)CCO3)CC1. The van der Waals surface area contributed by atoms with E-state index < -0.39 is 0 Å². The molecule has 112 valence electrons. The molecule has 1 aromatic carbocycles. The summed E-state index contributed by atoms with van der Waals surface area (Å²) in [6.07, 6.45) is 4.57. The Morgan fingerprint density at radius 3 is 2.86 bits per heavy atom. The van der Waals surface area contributed by atoms with Crippen LogP contribution in [0.15, 0.2) is 24.3 Å². The van der Waals surface area contributed by atoms with Crippen molar-refractivity contribution in [2.45, 2.75) is 13.3 Å². The largest absolute Gasteiger partial charge is 0.493 e. The van der Waals surface area contributed by atoms with Crippen molar-refractivity contribution < 1.29 is 9.53 Å². The molecule has 1 saturated heterocycles. The highest BCUT2D eigenvalue weighted by molar-refractivity contribution is 5.91. The summed E-state index contributed by atoms with van der Waals surface area (Å²) >= 11 is 0. The second-order valence-electron chi connectivity index (χ2n) is 5.56. The van der Waals surface area contributed by atoms with Gasteiger partial charge in [-0.05, 0) is 35.9 Å². The molecule has 1 amide bonds. The first-order valence-corrected chi connectivity index (χ1v) is 7.71. The van der Waals surface area contributed by atoms with Gasteiger partial charge in [-0.1, -0.05) is 13.0 Å². The first-order chi connectivity index (χ1) is 10.3. The third kappa shape index (κ3) is 3.27. The third-order valence-corrected chi connectivity index (χ3v) is 4.26. The van der Waals surface area contributed by atoms with E-state index in [2.05, 4.69) is 17.9 Å². The molecule has 0 atom stereocenters. The average molecular weight is 286 g/mol. The van der Waals surface area contributed by atoms with Crippen LogP contribution in [-0.4, -0.2) is 55.0 Å². The van der Waals surface area contributed by atoms with Crippen molar-refractivity contribution in [3.63, 3.8) is 0 Å². The number of hydrogen-bond donors (Lipinski definition) is 0. The van der Waals surface area contributed by atoms with E-state index in [1.165, 1.54) is 5.56 Å². The van der Waals surface area contributed by atoms with Gasteiger partial charge >= 0.3 is 0 Å². The first kappa shape index (κ1) is 14.1. The smallest absolute Gasteiger partial charge is 0.246 e. The van der Waals surface area contributed by atoms with Crippen molar-refractivity contribution in [2.75, 3.05) is 39.3 Å². The fourth-order valence-electron chi connectivity index (χ4n) is 2.87. The van der Waals surface area contributed by atoms with Crippen molar-refractivity contribution in [1.29, 1.82) is 0 Å². The Morgan fingerprint density at radius 1 is 1.29 bits per heavy atom. The molecule has 1 fully saturated rings. The minimum atomic E-state index is 0.113. The first-order valence-electron chi connectivity index (χ1n) is 7.71. The van der Waals surface area contributed by atoms with Crippen LogP contribution in [0, 0.1) is 0 Å². The number of carbonyl (C=O) groups excluding carboxylic acids is 1. The number of fused-ring (bicyclic) bond motifs is 1. The van der Waals surface area contributed by atoms with Crippen molar-refractivity contribution in [3.05, 3.63) is 35.4 Å². The molecular formula is C17H22N2O2. The van der Waals surface area contributed by atoms with E-state index in [-0.39, 0.29) is 5.91 Å². The lowest BCUT2D eigenvalue weighted by atomic mass is 10.1. The number of nitrogens with zero attached hydrogens (tertiary/aromatic N) is 2. The molecule has 21 heavy (non-hydrogen) atoms. The molecular weight excluding hydrogens is 264 g/mol. The molecule has 0 radical (unpaired) electrons. The molecule has 0 unspecified atom stereocenters. The predicted octanol–water partition coefficient (Wildman–Crippen LogP) is 1.80. The molecule has 4 nitrogen and oxygen atoms in total. The van der Waals surface area contributed by atoms with Gasteiger partial charge in [0.25, 0.3) is 0 Å². The number of rotatable bonds is 3. The van der Waals surface area contributed by atoms with Gasteiger partial charge in [0.05, 0.1) is 6.61 Å². The van der Waals surface area contributed by atoms with E-state index in [9.17, 15) is 4.79 Å². The molecule has 0 N–H and O–H groups in total. The van der Waals surface area contributed by atoms with Crippen LogP contribution in [0.5, 0.6) is 5.75 Å². The summed E-state index contributed by atoms with van der Waals surface area (Å²) in [4.78, 5) is 16.5. The highest BCUT2D eigenvalue weighted by atomic mass is 16.5. The highest BCUT2D eigenvalue weighted by Crippen LogP contribution is 2.26. The Kier molecular flexibility index (Phi) is 4.25. The quantitative estimate of drug-likeness (QED) is 0.794. The van der Waals surface area contributed by atoms with Crippen LogP contribution < -0.4 is 4.74 Å². The third-order valence-electron chi connectivity index (χ3n) is 4.26. The molecule has 0 aromatic heterocycles. The van der Waals surface area contributed by atoms with Crippen LogP contribution >= 0.6 is 0 Å². The lowest BCUT2D eigenvalue weighted by Crippen LogP contribution is -2.48. The number of amides is 1. The van der Waals surface area contributed by atoms with E-state index in [1.807, 2.05) is 23.1 Å². The summed E-state index contributed by atoms with van der Waals surface area (Å²) in [6.45, 7) is 7.61. The fourth-order valence-corrected chi connectivity index (χ4v) is 2.87. The van der Waals surface area contributed by atoms with Gasteiger partial charge in [-0.15, -0.1) is 0 Å². The van der Waals surface area contributed by atoms with Crippen LogP contribution in [0.25, 0.3) is 6.08 Å². The van der Waals surface area contributed by atoms with Crippen LogP contribution in [0.2, 0.25) is 0 Å². The van der Waals surface area contributed by atoms with E-state index in [1.54, 1.807) is 6.08 Å². The minimum absolute atomic E-state index is 0.113. The molecule has 1 aromatic rings. The van der Waals surface area contributed by atoms with Gasteiger partial charge in [0.2, 0.25) is 5.91 Å². The second kappa shape index (κ2) is 6.31. The molecule has 3 rings (SSSR count). The summed E-state index contributed by atoms with van der Waals surface area (Å²) in [7, 11) is 0. The van der Waals surface area contributed by atoms with Gasteiger partial charge in [0, 0.05) is 38.7 Å². The Bertz CT molecular complexity index is 546. The average Bonchev–Trinajstić information content (AvgIpc) is 3.00. The van der Waals surface area contributed by atoms with E-state index in [0.717, 1.165) is 57.1 Å². The number of benzene rings is 1. The molecule has 0 bridgehead atoms. The van der Waals surface area contributed by atoms with Crippen molar-refractivity contribution in [3.8, 4) is 5.75 Å². The van der Waals surface area contributed by atoms with Gasteiger partial charge in [0.1, 0.15) is 5.75 Å². The lowest BCUT2D eigenvalue weighted by molar-refractivity contribution is -0.127. The maximum absolute atomic E-state index is 12.2. The van der Waals surface area contributed by atoms with Crippen molar-refractivity contribution >= 4 is 12.0 Å². The Morgan fingerprint density at radius 2 is 2.10 bits per heavy atom.